The molecule has 0 amide bonds. The van der Waals surface area contributed by atoms with Gasteiger partial charge in [-0.2, -0.15) is 0 Å². The number of alkyl halides is 3. The Morgan fingerprint density at radius 3 is 2.60 bits per heavy atom. The number of hydrogen-bond acceptors (Lipinski definition) is 4. The monoisotopic (exact) mass is 154 g/mol. The Morgan fingerprint density at radius 1 is 1.50 bits per heavy atom. The van der Waals surface area contributed by atoms with Crippen molar-refractivity contribution in [1.29, 1.82) is 0 Å². The molecule has 0 radical (unpaired) electrons. The van der Waals surface area contributed by atoms with Gasteiger partial charge in [0.1, 0.15) is 0 Å². The lowest BCUT2D eigenvalue weighted by atomic mass is 11.2. The average Bonchev–Trinajstić information content (AvgIpc) is 2.12. The zero-order valence-corrected chi connectivity index (χ0v) is 4.42. The second-order valence-electron chi connectivity index (χ2n) is 1.25. The molecule has 0 aliphatic rings. The molecule has 0 aromatic carbocycles. The third-order valence-corrected chi connectivity index (χ3v) is 0.543. The molecule has 0 aliphatic carbocycles. The third kappa shape index (κ3) is 1.92. The zero-order valence-electron chi connectivity index (χ0n) is 4.42. The lowest BCUT2D eigenvalue weighted by Gasteiger charge is -2.01. The van der Waals surface area contributed by atoms with E-state index >= 15 is 0 Å². The molecule has 0 spiro atoms. The summed E-state index contributed by atoms with van der Waals surface area (Å²) >= 11 is 0. The van der Waals surface area contributed by atoms with E-state index in [1.165, 1.54) is 0 Å². The van der Waals surface area contributed by atoms with Gasteiger partial charge in [-0.3, -0.25) is 0 Å². The van der Waals surface area contributed by atoms with E-state index in [2.05, 4.69) is 19.4 Å². The van der Waals surface area contributed by atoms with Crippen molar-refractivity contribution in [3.63, 3.8) is 0 Å². The van der Waals surface area contributed by atoms with Crippen molar-refractivity contribution < 1.29 is 22.3 Å². The predicted octanol–water partition coefficient (Wildman–Crippen LogP) is 0.968. The van der Waals surface area contributed by atoms with E-state index in [4.69, 9.17) is 0 Å². The molecule has 1 heterocycles. The Hall–Kier alpha value is -1.27. The smallest absolute Gasteiger partial charge is 0.396 e. The third-order valence-electron chi connectivity index (χ3n) is 0.543. The lowest BCUT2D eigenvalue weighted by molar-refractivity contribution is -0.282. The molecular weight excluding hydrogens is 153 g/mol. The van der Waals surface area contributed by atoms with Crippen LogP contribution in [0.4, 0.5) is 13.2 Å². The van der Waals surface area contributed by atoms with Crippen molar-refractivity contribution in [2.24, 2.45) is 0 Å². The van der Waals surface area contributed by atoms with Crippen LogP contribution in [0.5, 0.6) is 6.08 Å². The van der Waals surface area contributed by atoms with Gasteiger partial charge < -0.3 is 9.15 Å². The maximum atomic E-state index is 11.3. The lowest BCUT2D eigenvalue weighted by Crippen LogP contribution is -2.17. The van der Waals surface area contributed by atoms with E-state index < -0.39 is 12.4 Å². The first-order valence-electron chi connectivity index (χ1n) is 2.10. The highest BCUT2D eigenvalue weighted by Gasteiger charge is 2.33. The molecule has 0 saturated carbocycles. The number of nitrogens with zero attached hydrogens (tertiary/aromatic N) is 2. The molecule has 0 atom stereocenters. The van der Waals surface area contributed by atoms with Crippen LogP contribution in [0, 0.1) is 0 Å². The van der Waals surface area contributed by atoms with Gasteiger partial charge in [0.2, 0.25) is 6.39 Å². The number of halogens is 3. The maximum absolute atomic E-state index is 11.3. The SMILES string of the molecule is FC(F)(F)Oc1nnco1. The van der Waals surface area contributed by atoms with Crippen molar-refractivity contribution in [3.05, 3.63) is 6.39 Å². The van der Waals surface area contributed by atoms with Crippen LogP contribution in [0.25, 0.3) is 0 Å². The molecule has 0 N–H and O–H groups in total. The fourth-order valence-electron chi connectivity index (χ4n) is 0.306. The summed E-state index contributed by atoms with van der Waals surface area (Å²) in [7, 11) is 0. The summed E-state index contributed by atoms with van der Waals surface area (Å²) in [5.41, 5.74) is 0. The van der Waals surface area contributed by atoms with Crippen molar-refractivity contribution >= 4 is 0 Å². The number of aromatic nitrogens is 2. The summed E-state index contributed by atoms with van der Waals surface area (Å²) in [6.07, 6.45) is -4.94. The summed E-state index contributed by atoms with van der Waals surface area (Å²) in [6.45, 7) is 0. The largest absolute Gasteiger partial charge is 0.576 e. The zero-order chi connectivity index (χ0) is 7.61. The van der Waals surface area contributed by atoms with Crippen molar-refractivity contribution in [3.8, 4) is 6.08 Å². The Bertz CT molecular complexity index is 194. The fourth-order valence-corrected chi connectivity index (χ4v) is 0.306. The molecule has 56 valence electrons. The van der Waals surface area contributed by atoms with E-state index in [0.717, 1.165) is 6.39 Å². The molecule has 0 saturated heterocycles. The van der Waals surface area contributed by atoms with Crippen LogP contribution in [-0.2, 0) is 0 Å². The van der Waals surface area contributed by atoms with E-state index in [0.29, 0.717) is 0 Å². The molecule has 7 heteroatoms. The van der Waals surface area contributed by atoms with Crippen LogP contribution in [0.3, 0.4) is 0 Å². The fraction of sp³-hybridized carbons (Fsp3) is 0.333. The highest BCUT2D eigenvalue weighted by Crippen LogP contribution is 2.19. The van der Waals surface area contributed by atoms with Gasteiger partial charge in [0.15, 0.2) is 0 Å². The van der Waals surface area contributed by atoms with Gasteiger partial charge in [-0.05, 0) is 0 Å². The van der Waals surface area contributed by atoms with Gasteiger partial charge in [-0.1, -0.05) is 5.10 Å². The van der Waals surface area contributed by atoms with Crippen LogP contribution >= 0.6 is 0 Å². The van der Waals surface area contributed by atoms with E-state index in [1.54, 1.807) is 0 Å². The minimum atomic E-state index is -4.77. The van der Waals surface area contributed by atoms with Crippen LogP contribution in [0.1, 0.15) is 0 Å². The first-order valence-corrected chi connectivity index (χ1v) is 2.10. The molecule has 0 unspecified atom stereocenters. The summed E-state index contributed by atoms with van der Waals surface area (Å²) < 4.78 is 41.1. The summed E-state index contributed by atoms with van der Waals surface area (Å²) in [5, 5.41) is 5.81. The molecule has 0 bridgehead atoms. The maximum Gasteiger partial charge on any atom is 0.576 e. The Morgan fingerprint density at radius 2 is 2.20 bits per heavy atom. The van der Waals surface area contributed by atoms with Gasteiger partial charge in [-0.25, -0.2) is 0 Å². The van der Waals surface area contributed by atoms with Gasteiger partial charge in [0, 0.05) is 0 Å². The van der Waals surface area contributed by atoms with Crippen molar-refractivity contribution in [2.75, 3.05) is 0 Å². The number of rotatable bonds is 1. The molecule has 10 heavy (non-hydrogen) atoms. The Balaban J connectivity index is 2.57. The van der Waals surface area contributed by atoms with Gasteiger partial charge in [0.05, 0.1) is 0 Å². The number of ether oxygens (including phenoxy) is 1. The Labute approximate surface area is 52.6 Å². The van der Waals surface area contributed by atoms with Crippen LogP contribution in [0.15, 0.2) is 10.8 Å². The van der Waals surface area contributed by atoms with Crippen LogP contribution in [0.2, 0.25) is 0 Å². The molecule has 0 aliphatic heterocycles. The van der Waals surface area contributed by atoms with Crippen LogP contribution in [-0.4, -0.2) is 16.6 Å². The number of hydrogen-bond donors (Lipinski definition) is 0. The first-order chi connectivity index (χ1) is 4.58. The predicted molar refractivity (Wildman–Crippen MR) is 21.0 cm³/mol. The summed E-state index contributed by atoms with van der Waals surface area (Å²) in [5.74, 6) is 0. The van der Waals surface area contributed by atoms with E-state index in [-0.39, 0.29) is 0 Å². The second kappa shape index (κ2) is 2.16. The quantitative estimate of drug-likeness (QED) is 0.604. The van der Waals surface area contributed by atoms with Gasteiger partial charge in [0.25, 0.3) is 0 Å². The van der Waals surface area contributed by atoms with Crippen molar-refractivity contribution in [1.82, 2.24) is 10.2 Å². The Kier molecular flexibility index (Phi) is 1.48. The molecular formula is C3HF3N2O2. The van der Waals surface area contributed by atoms with Crippen molar-refractivity contribution in [2.45, 2.75) is 6.36 Å². The highest BCUT2D eigenvalue weighted by molar-refractivity contribution is 4.77. The highest BCUT2D eigenvalue weighted by atomic mass is 19.4. The van der Waals surface area contributed by atoms with Gasteiger partial charge >= 0.3 is 12.4 Å². The summed E-state index contributed by atoms with van der Waals surface area (Å²) in [6, 6.07) is 0. The summed E-state index contributed by atoms with van der Waals surface area (Å²) in [4.78, 5) is 0. The standard InChI is InChI=1S/C3HF3N2O2/c4-3(5,6)10-2-8-7-1-9-2/h1H. The van der Waals surface area contributed by atoms with Crippen LogP contribution < -0.4 is 4.74 Å². The van der Waals surface area contributed by atoms with E-state index in [1.807, 2.05) is 0 Å². The average molecular weight is 154 g/mol. The minimum absolute atomic E-state index is 0.737. The first kappa shape index (κ1) is 6.84. The second-order valence-corrected chi connectivity index (χ2v) is 1.25. The molecule has 4 nitrogen and oxygen atoms in total. The van der Waals surface area contributed by atoms with Gasteiger partial charge in [-0.15, -0.1) is 18.3 Å². The molecule has 1 aromatic rings. The van der Waals surface area contributed by atoms with E-state index in [9.17, 15) is 13.2 Å². The minimum Gasteiger partial charge on any atom is -0.396 e. The topological polar surface area (TPSA) is 48.2 Å². The molecule has 1 aromatic heterocycles. The molecule has 1 rings (SSSR count). The normalized spacial score (nSPS) is 11.5. The molecule has 0 fully saturated rings.